The van der Waals surface area contributed by atoms with Gasteiger partial charge in [0, 0.05) is 0 Å². The van der Waals surface area contributed by atoms with E-state index in [2.05, 4.69) is 20.1 Å². The minimum absolute atomic E-state index is 0.225. The molecule has 0 atom stereocenters. The van der Waals surface area contributed by atoms with Crippen LogP contribution in [-0.4, -0.2) is 20.1 Å². The fourth-order valence-electron chi connectivity index (χ4n) is 2.11. The molecule has 8 heteroatoms. The van der Waals surface area contributed by atoms with Gasteiger partial charge in [0.25, 0.3) is 5.89 Å². The van der Waals surface area contributed by atoms with Gasteiger partial charge in [-0.1, -0.05) is 5.16 Å². The standard InChI is InChI=1S/C16H12N4O3S/c1-10-19-14(23-20-10)8-21-11-2-4-12(5-3-11)22-15-13-6-7-24-16(13)18-9-17-15/h2-7,9H,8H2,1H3. The summed E-state index contributed by atoms with van der Waals surface area (Å²) in [7, 11) is 0. The number of thiophene rings is 1. The highest BCUT2D eigenvalue weighted by atomic mass is 32.1. The first kappa shape index (κ1) is 14.6. The molecule has 24 heavy (non-hydrogen) atoms. The summed E-state index contributed by atoms with van der Waals surface area (Å²) in [6, 6.07) is 9.19. The van der Waals surface area contributed by atoms with E-state index in [-0.39, 0.29) is 6.61 Å². The third-order valence-electron chi connectivity index (χ3n) is 3.20. The van der Waals surface area contributed by atoms with E-state index in [9.17, 15) is 0 Å². The van der Waals surface area contributed by atoms with Gasteiger partial charge in [-0.15, -0.1) is 11.3 Å². The molecule has 0 unspecified atom stereocenters. The Labute approximate surface area is 140 Å². The number of benzene rings is 1. The molecule has 0 fully saturated rings. The second-order valence-corrected chi connectivity index (χ2v) is 5.81. The Hall–Kier alpha value is -3.00. The average Bonchev–Trinajstić information content (AvgIpc) is 3.23. The van der Waals surface area contributed by atoms with Crippen LogP contribution in [0.4, 0.5) is 0 Å². The Kier molecular flexibility index (Phi) is 3.80. The van der Waals surface area contributed by atoms with Crippen LogP contribution >= 0.6 is 11.3 Å². The van der Waals surface area contributed by atoms with Gasteiger partial charge in [-0.05, 0) is 42.6 Å². The molecule has 0 bridgehead atoms. The van der Waals surface area contributed by atoms with Crippen LogP contribution in [0.5, 0.6) is 17.4 Å². The van der Waals surface area contributed by atoms with Crippen molar-refractivity contribution in [2.45, 2.75) is 13.5 Å². The maximum atomic E-state index is 5.83. The van der Waals surface area contributed by atoms with Crippen LogP contribution < -0.4 is 9.47 Å². The number of aryl methyl sites for hydroxylation is 1. The van der Waals surface area contributed by atoms with Crippen LogP contribution in [0.1, 0.15) is 11.7 Å². The van der Waals surface area contributed by atoms with Crippen LogP contribution in [-0.2, 0) is 6.61 Å². The monoisotopic (exact) mass is 340 g/mol. The van der Waals surface area contributed by atoms with E-state index in [1.54, 1.807) is 18.3 Å². The minimum atomic E-state index is 0.225. The molecule has 0 saturated heterocycles. The molecule has 0 aliphatic heterocycles. The van der Waals surface area contributed by atoms with E-state index in [1.165, 1.54) is 6.33 Å². The van der Waals surface area contributed by atoms with Gasteiger partial charge in [-0.2, -0.15) is 4.98 Å². The summed E-state index contributed by atoms with van der Waals surface area (Å²) in [6.45, 7) is 1.99. The first-order valence-corrected chi connectivity index (χ1v) is 8.04. The molecule has 0 radical (unpaired) electrons. The summed E-state index contributed by atoms with van der Waals surface area (Å²) in [5.41, 5.74) is 0. The summed E-state index contributed by atoms with van der Waals surface area (Å²) in [5.74, 6) is 2.91. The second kappa shape index (κ2) is 6.25. The third-order valence-corrected chi connectivity index (χ3v) is 4.02. The van der Waals surface area contributed by atoms with E-state index < -0.39 is 0 Å². The number of fused-ring (bicyclic) bond motifs is 1. The number of rotatable bonds is 5. The molecule has 0 saturated carbocycles. The predicted molar refractivity (Wildman–Crippen MR) is 87.3 cm³/mol. The zero-order valence-corrected chi connectivity index (χ0v) is 13.5. The van der Waals surface area contributed by atoms with Gasteiger partial charge in [0.15, 0.2) is 12.4 Å². The fraction of sp³-hybridized carbons (Fsp3) is 0.125. The molecule has 0 N–H and O–H groups in total. The highest BCUT2D eigenvalue weighted by molar-refractivity contribution is 7.16. The molecule has 0 amide bonds. The van der Waals surface area contributed by atoms with Crippen LogP contribution in [0.3, 0.4) is 0 Å². The van der Waals surface area contributed by atoms with E-state index in [1.807, 2.05) is 35.7 Å². The van der Waals surface area contributed by atoms with Crippen LogP contribution in [0.25, 0.3) is 10.2 Å². The van der Waals surface area contributed by atoms with Crippen LogP contribution in [0.15, 0.2) is 46.6 Å². The average molecular weight is 340 g/mol. The Morgan fingerprint density at radius 3 is 2.71 bits per heavy atom. The van der Waals surface area contributed by atoms with Crippen molar-refractivity contribution >= 4 is 21.6 Å². The summed E-state index contributed by atoms with van der Waals surface area (Å²) >= 11 is 1.55. The zero-order valence-electron chi connectivity index (χ0n) is 12.7. The smallest absolute Gasteiger partial charge is 0.264 e. The molecular formula is C16H12N4O3S. The van der Waals surface area contributed by atoms with Gasteiger partial charge >= 0.3 is 0 Å². The van der Waals surface area contributed by atoms with Gasteiger partial charge in [0.05, 0.1) is 5.39 Å². The number of hydrogen-bond donors (Lipinski definition) is 0. The van der Waals surface area contributed by atoms with Gasteiger partial charge in [-0.3, -0.25) is 0 Å². The first-order chi connectivity index (χ1) is 11.8. The van der Waals surface area contributed by atoms with Crippen molar-refractivity contribution < 1.29 is 14.0 Å². The van der Waals surface area contributed by atoms with Crippen molar-refractivity contribution in [1.29, 1.82) is 0 Å². The lowest BCUT2D eigenvalue weighted by atomic mass is 10.3. The van der Waals surface area contributed by atoms with Gasteiger partial charge < -0.3 is 14.0 Å². The van der Waals surface area contributed by atoms with E-state index in [0.717, 1.165) is 10.2 Å². The third kappa shape index (κ3) is 3.04. The fourth-order valence-corrected chi connectivity index (χ4v) is 2.83. The Balaban J connectivity index is 1.44. The normalized spacial score (nSPS) is 10.9. The van der Waals surface area contributed by atoms with Crippen LogP contribution in [0, 0.1) is 6.92 Å². The summed E-state index contributed by atoms with van der Waals surface area (Å²) in [4.78, 5) is 13.4. The van der Waals surface area contributed by atoms with E-state index in [0.29, 0.717) is 29.1 Å². The van der Waals surface area contributed by atoms with Gasteiger partial charge in [0.2, 0.25) is 5.88 Å². The van der Waals surface area contributed by atoms with Crippen molar-refractivity contribution in [3.8, 4) is 17.4 Å². The summed E-state index contributed by atoms with van der Waals surface area (Å²) in [6.07, 6.45) is 1.50. The molecule has 0 aliphatic rings. The largest absolute Gasteiger partial charge is 0.484 e. The Bertz CT molecular complexity index is 965. The molecule has 0 aliphatic carbocycles. The molecule has 3 heterocycles. The summed E-state index contributed by atoms with van der Waals surface area (Å²) in [5, 5.41) is 6.57. The molecule has 1 aromatic carbocycles. The van der Waals surface area contributed by atoms with E-state index in [4.69, 9.17) is 14.0 Å². The minimum Gasteiger partial charge on any atom is -0.484 e. The van der Waals surface area contributed by atoms with Crippen molar-refractivity contribution in [2.75, 3.05) is 0 Å². The number of nitrogens with zero attached hydrogens (tertiary/aromatic N) is 4. The Morgan fingerprint density at radius 2 is 1.92 bits per heavy atom. The predicted octanol–water partition coefficient (Wildman–Crippen LogP) is 3.75. The SMILES string of the molecule is Cc1noc(COc2ccc(Oc3ncnc4sccc34)cc2)n1. The first-order valence-electron chi connectivity index (χ1n) is 7.16. The van der Waals surface area contributed by atoms with Crippen molar-refractivity contribution in [1.82, 2.24) is 20.1 Å². The second-order valence-electron chi connectivity index (χ2n) is 4.92. The highest BCUT2D eigenvalue weighted by Crippen LogP contribution is 2.30. The molecule has 7 nitrogen and oxygen atoms in total. The highest BCUT2D eigenvalue weighted by Gasteiger charge is 2.08. The quantitative estimate of drug-likeness (QED) is 0.547. The van der Waals surface area contributed by atoms with Gasteiger partial charge in [-0.25, -0.2) is 9.97 Å². The number of ether oxygens (including phenoxy) is 2. The molecular weight excluding hydrogens is 328 g/mol. The molecule has 3 aromatic heterocycles. The van der Waals surface area contributed by atoms with E-state index >= 15 is 0 Å². The Morgan fingerprint density at radius 1 is 1.08 bits per heavy atom. The number of hydrogen-bond acceptors (Lipinski definition) is 8. The van der Waals surface area contributed by atoms with Crippen molar-refractivity contribution in [3.63, 3.8) is 0 Å². The zero-order chi connectivity index (χ0) is 16.4. The lowest BCUT2D eigenvalue weighted by molar-refractivity contribution is 0.242. The molecule has 4 rings (SSSR count). The van der Waals surface area contributed by atoms with Gasteiger partial charge in [0.1, 0.15) is 22.7 Å². The van der Waals surface area contributed by atoms with Crippen molar-refractivity contribution in [2.24, 2.45) is 0 Å². The maximum absolute atomic E-state index is 5.83. The lowest BCUT2D eigenvalue weighted by Crippen LogP contribution is -1.96. The molecule has 0 spiro atoms. The molecule has 120 valence electrons. The van der Waals surface area contributed by atoms with Crippen molar-refractivity contribution in [3.05, 3.63) is 53.8 Å². The summed E-state index contributed by atoms with van der Waals surface area (Å²) < 4.78 is 16.4. The topological polar surface area (TPSA) is 83.2 Å². The molecule has 4 aromatic rings. The lowest BCUT2D eigenvalue weighted by Gasteiger charge is -2.07. The van der Waals surface area contributed by atoms with Crippen LogP contribution in [0.2, 0.25) is 0 Å². The maximum Gasteiger partial charge on any atom is 0.264 e. The number of aromatic nitrogens is 4.